The van der Waals surface area contributed by atoms with E-state index in [4.69, 9.17) is 15.0 Å². The van der Waals surface area contributed by atoms with Crippen molar-refractivity contribution in [1.29, 1.82) is 0 Å². The molecule has 2 N–H and O–H groups in total. The van der Waals surface area contributed by atoms with Crippen LogP contribution in [0.25, 0.3) is 11.4 Å². The fourth-order valence-electron chi connectivity index (χ4n) is 1.87. The molecule has 20 heavy (non-hydrogen) atoms. The Morgan fingerprint density at radius 1 is 1.45 bits per heavy atom. The number of nitrogens with two attached hydrogens (primary N) is 1. The number of methoxy groups -OCH3 is 1. The van der Waals surface area contributed by atoms with Gasteiger partial charge in [0.05, 0.1) is 6.04 Å². The average Bonchev–Trinajstić information content (AvgIpc) is 2.88. The first-order chi connectivity index (χ1) is 9.61. The highest BCUT2D eigenvalue weighted by Crippen LogP contribution is 2.28. The Labute approximate surface area is 126 Å². The van der Waals surface area contributed by atoms with E-state index in [0.717, 1.165) is 22.9 Å². The summed E-state index contributed by atoms with van der Waals surface area (Å²) in [7, 11) is 1.67. The Morgan fingerprint density at radius 2 is 2.25 bits per heavy atom. The van der Waals surface area contributed by atoms with Crippen molar-refractivity contribution in [2.75, 3.05) is 13.7 Å². The van der Waals surface area contributed by atoms with Crippen LogP contribution in [0.4, 0.5) is 0 Å². The molecule has 0 aliphatic heterocycles. The van der Waals surface area contributed by atoms with Crippen LogP contribution in [0.3, 0.4) is 0 Å². The standard InChI is InChI=1S/C14H18BrN3O2/c1-9-5-6-10(11(15)8-9)13-17-14(20-18-13)12(16)4-3-7-19-2/h5-6,8,12H,3-4,7,16H2,1-2H3. The molecule has 5 nitrogen and oxygen atoms in total. The minimum atomic E-state index is -0.254. The first kappa shape index (κ1) is 15.2. The van der Waals surface area contributed by atoms with Crippen LogP contribution in [0.2, 0.25) is 0 Å². The maximum absolute atomic E-state index is 6.03. The van der Waals surface area contributed by atoms with Crippen molar-refractivity contribution in [2.45, 2.75) is 25.8 Å². The Balaban J connectivity index is 2.12. The third kappa shape index (κ3) is 3.65. The van der Waals surface area contributed by atoms with Crippen LogP contribution in [0.15, 0.2) is 27.2 Å². The van der Waals surface area contributed by atoms with Crippen LogP contribution >= 0.6 is 15.9 Å². The smallest absolute Gasteiger partial charge is 0.243 e. The minimum absolute atomic E-state index is 0.254. The van der Waals surface area contributed by atoms with Gasteiger partial charge in [0, 0.05) is 23.8 Å². The molecule has 2 aromatic rings. The molecule has 1 unspecified atom stereocenters. The molecule has 0 fully saturated rings. The summed E-state index contributed by atoms with van der Waals surface area (Å²) in [6, 6.07) is 5.74. The molecule has 1 aromatic heterocycles. The van der Waals surface area contributed by atoms with E-state index in [0.29, 0.717) is 18.3 Å². The van der Waals surface area contributed by atoms with E-state index in [2.05, 4.69) is 26.1 Å². The van der Waals surface area contributed by atoms with Crippen molar-refractivity contribution < 1.29 is 9.26 Å². The molecule has 2 rings (SSSR count). The van der Waals surface area contributed by atoms with Gasteiger partial charge in [0.1, 0.15) is 0 Å². The Morgan fingerprint density at radius 3 is 2.95 bits per heavy atom. The van der Waals surface area contributed by atoms with E-state index in [1.54, 1.807) is 7.11 Å². The second-order valence-electron chi connectivity index (χ2n) is 4.68. The minimum Gasteiger partial charge on any atom is -0.385 e. The number of rotatable bonds is 6. The van der Waals surface area contributed by atoms with Crippen LogP contribution in [0.1, 0.15) is 30.3 Å². The number of hydrogen-bond acceptors (Lipinski definition) is 5. The van der Waals surface area contributed by atoms with Gasteiger partial charge in [0.15, 0.2) is 0 Å². The first-order valence-electron chi connectivity index (χ1n) is 6.46. The highest BCUT2D eigenvalue weighted by molar-refractivity contribution is 9.10. The van der Waals surface area contributed by atoms with Gasteiger partial charge < -0.3 is 15.0 Å². The van der Waals surface area contributed by atoms with Crippen molar-refractivity contribution in [3.05, 3.63) is 34.1 Å². The van der Waals surface area contributed by atoms with E-state index in [-0.39, 0.29) is 6.04 Å². The van der Waals surface area contributed by atoms with Crippen molar-refractivity contribution in [2.24, 2.45) is 5.73 Å². The molecular weight excluding hydrogens is 322 g/mol. The van der Waals surface area contributed by atoms with E-state index >= 15 is 0 Å². The number of aromatic nitrogens is 2. The van der Waals surface area contributed by atoms with Gasteiger partial charge in [-0.3, -0.25) is 0 Å². The lowest BCUT2D eigenvalue weighted by Crippen LogP contribution is -2.11. The fraction of sp³-hybridized carbons (Fsp3) is 0.429. The van der Waals surface area contributed by atoms with Gasteiger partial charge in [0.2, 0.25) is 11.7 Å². The molecule has 0 bridgehead atoms. The predicted molar refractivity (Wildman–Crippen MR) is 80.2 cm³/mol. The van der Waals surface area contributed by atoms with E-state index in [9.17, 15) is 0 Å². The zero-order valence-electron chi connectivity index (χ0n) is 11.6. The number of ether oxygens (including phenoxy) is 1. The highest BCUT2D eigenvalue weighted by Gasteiger charge is 2.16. The lowest BCUT2D eigenvalue weighted by molar-refractivity contribution is 0.188. The van der Waals surface area contributed by atoms with Gasteiger partial charge in [-0.25, -0.2) is 0 Å². The van der Waals surface area contributed by atoms with Crippen LogP contribution in [0.5, 0.6) is 0 Å². The summed E-state index contributed by atoms with van der Waals surface area (Å²) in [5.41, 5.74) is 8.09. The number of aryl methyl sites for hydroxylation is 1. The molecule has 0 spiro atoms. The fourth-order valence-corrected chi connectivity index (χ4v) is 2.54. The molecule has 1 heterocycles. The van der Waals surface area contributed by atoms with Gasteiger partial charge in [-0.2, -0.15) is 4.98 Å². The normalized spacial score (nSPS) is 12.6. The first-order valence-corrected chi connectivity index (χ1v) is 7.25. The summed E-state index contributed by atoms with van der Waals surface area (Å²) < 4.78 is 11.2. The molecule has 0 saturated heterocycles. The summed E-state index contributed by atoms with van der Waals surface area (Å²) in [5, 5.41) is 4.00. The van der Waals surface area contributed by atoms with Crippen LogP contribution in [0, 0.1) is 6.92 Å². The zero-order chi connectivity index (χ0) is 14.5. The molecule has 0 aliphatic carbocycles. The topological polar surface area (TPSA) is 74.2 Å². The highest BCUT2D eigenvalue weighted by atomic mass is 79.9. The number of benzene rings is 1. The van der Waals surface area contributed by atoms with Crippen molar-refractivity contribution in [3.63, 3.8) is 0 Å². The van der Waals surface area contributed by atoms with Gasteiger partial charge in [-0.1, -0.05) is 27.2 Å². The summed E-state index contributed by atoms with van der Waals surface area (Å²) in [6.45, 7) is 2.71. The second-order valence-corrected chi connectivity index (χ2v) is 5.54. The molecule has 6 heteroatoms. The molecule has 0 amide bonds. The van der Waals surface area contributed by atoms with Crippen LogP contribution < -0.4 is 5.73 Å². The van der Waals surface area contributed by atoms with Crippen molar-refractivity contribution in [3.8, 4) is 11.4 Å². The van der Waals surface area contributed by atoms with Gasteiger partial charge in [0.25, 0.3) is 0 Å². The molecule has 1 aromatic carbocycles. The van der Waals surface area contributed by atoms with E-state index in [1.165, 1.54) is 5.56 Å². The number of halogens is 1. The Bertz CT molecular complexity index is 571. The zero-order valence-corrected chi connectivity index (χ0v) is 13.2. The SMILES string of the molecule is COCCCC(N)c1nc(-c2ccc(C)cc2Br)no1. The molecule has 0 radical (unpaired) electrons. The Hall–Kier alpha value is -1.24. The van der Waals surface area contributed by atoms with Gasteiger partial charge >= 0.3 is 0 Å². The largest absolute Gasteiger partial charge is 0.385 e. The third-order valence-corrected chi connectivity index (χ3v) is 3.64. The molecule has 108 valence electrons. The maximum Gasteiger partial charge on any atom is 0.243 e. The second kappa shape index (κ2) is 6.97. The quantitative estimate of drug-likeness (QED) is 0.817. The third-order valence-electron chi connectivity index (χ3n) is 2.99. The van der Waals surface area contributed by atoms with Gasteiger partial charge in [-0.05, 0) is 37.5 Å². The van der Waals surface area contributed by atoms with Gasteiger partial charge in [-0.15, -0.1) is 0 Å². The molecule has 1 atom stereocenters. The number of hydrogen-bond donors (Lipinski definition) is 1. The summed E-state index contributed by atoms with van der Waals surface area (Å²) in [6.07, 6.45) is 1.62. The monoisotopic (exact) mass is 339 g/mol. The lowest BCUT2D eigenvalue weighted by atomic mass is 10.1. The van der Waals surface area contributed by atoms with Crippen LogP contribution in [-0.2, 0) is 4.74 Å². The summed E-state index contributed by atoms with van der Waals surface area (Å²) in [5.74, 6) is 1.01. The molecular formula is C14H18BrN3O2. The van der Waals surface area contributed by atoms with Crippen molar-refractivity contribution in [1.82, 2.24) is 10.1 Å². The van der Waals surface area contributed by atoms with E-state index < -0.39 is 0 Å². The molecule has 0 saturated carbocycles. The van der Waals surface area contributed by atoms with Crippen molar-refractivity contribution >= 4 is 15.9 Å². The summed E-state index contributed by atoms with van der Waals surface area (Å²) in [4.78, 5) is 4.38. The lowest BCUT2D eigenvalue weighted by Gasteiger charge is -2.05. The number of nitrogens with zero attached hydrogens (tertiary/aromatic N) is 2. The summed E-state index contributed by atoms with van der Waals surface area (Å²) >= 11 is 3.51. The molecule has 0 aliphatic rings. The Kier molecular flexibility index (Phi) is 5.28. The van der Waals surface area contributed by atoms with E-state index in [1.807, 2.05) is 25.1 Å². The average molecular weight is 340 g/mol. The maximum atomic E-state index is 6.03. The predicted octanol–water partition coefficient (Wildman–Crippen LogP) is 3.23. The van der Waals surface area contributed by atoms with Crippen LogP contribution in [-0.4, -0.2) is 23.9 Å².